The van der Waals surface area contributed by atoms with E-state index in [1.54, 1.807) is 39.0 Å². The molecule has 0 aliphatic carbocycles. The van der Waals surface area contributed by atoms with Crippen molar-refractivity contribution in [1.29, 1.82) is 0 Å². The van der Waals surface area contributed by atoms with E-state index < -0.39 is 10.0 Å². The van der Waals surface area contributed by atoms with Crippen LogP contribution in [0.2, 0.25) is 0 Å². The maximum absolute atomic E-state index is 13.0. The summed E-state index contributed by atoms with van der Waals surface area (Å²) in [5, 5.41) is 2.81. The Morgan fingerprint density at radius 2 is 1.80 bits per heavy atom. The van der Waals surface area contributed by atoms with Gasteiger partial charge in [0.05, 0.1) is 10.9 Å². The van der Waals surface area contributed by atoms with Crippen LogP contribution >= 0.6 is 0 Å². The van der Waals surface area contributed by atoms with Crippen LogP contribution in [0.25, 0.3) is 0 Å². The molecule has 2 N–H and O–H groups in total. The van der Waals surface area contributed by atoms with Crippen LogP contribution in [0.3, 0.4) is 0 Å². The van der Waals surface area contributed by atoms with Crippen LogP contribution in [0, 0.1) is 12.7 Å². The zero-order chi connectivity index (χ0) is 18.6. The fourth-order valence-electron chi connectivity index (χ4n) is 2.40. The third-order valence-corrected chi connectivity index (χ3v) is 5.36. The van der Waals surface area contributed by atoms with Crippen LogP contribution in [0.4, 0.5) is 4.39 Å². The highest BCUT2D eigenvalue weighted by atomic mass is 32.2. The minimum absolute atomic E-state index is 0.0412. The fourth-order valence-corrected chi connectivity index (χ4v) is 3.46. The van der Waals surface area contributed by atoms with Gasteiger partial charge in [-0.1, -0.05) is 25.1 Å². The molecule has 0 aliphatic heterocycles. The number of nitrogens with one attached hydrogen (secondary N) is 2. The van der Waals surface area contributed by atoms with E-state index >= 15 is 0 Å². The maximum Gasteiger partial charge on any atom is 0.252 e. The van der Waals surface area contributed by atoms with Gasteiger partial charge in [0.1, 0.15) is 5.82 Å². The molecule has 1 atom stereocenters. The van der Waals surface area contributed by atoms with E-state index in [0.717, 1.165) is 5.56 Å². The Bertz CT molecular complexity index is 864. The van der Waals surface area contributed by atoms with Crippen molar-refractivity contribution in [3.8, 4) is 0 Å². The third kappa shape index (κ3) is 4.64. The van der Waals surface area contributed by atoms with Crippen molar-refractivity contribution >= 4 is 15.9 Å². The van der Waals surface area contributed by atoms with Crippen molar-refractivity contribution in [2.45, 2.75) is 31.7 Å². The van der Waals surface area contributed by atoms with E-state index in [1.165, 1.54) is 24.3 Å². The van der Waals surface area contributed by atoms with E-state index in [1.807, 2.05) is 0 Å². The first-order valence-corrected chi connectivity index (χ1v) is 9.39. The topological polar surface area (TPSA) is 75.3 Å². The second-order valence-electron chi connectivity index (χ2n) is 5.72. The lowest BCUT2D eigenvalue weighted by atomic mass is 10.1. The smallest absolute Gasteiger partial charge is 0.252 e. The molecule has 134 valence electrons. The Labute approximate surface area is 147 Å². The van der Waals surface area contributed by atoms with Gasteiger partial charge >= 0.3 is 0 Å². The predicted molar refractivity (Wildman–Crippen MR) is 94.3 cm³/mol. The van der Waals surface area contributed by atoms with Crippen LogP contribution in [-0.2, 0) is 10.0 Å². The summed E-state index contributed by atoms with van der Waals surface area (Å²) in [4.78, 5) is 12.6. The van der Waals surface area contributed by atoms with Crippen molar-refractivity contribution in [2.24, 2.45) is 0 Å². The Balaban J connectivity index is 2.25. The second kappa shape index (κ2) is 7.76. The molecule has 0 spiro atoms. The molecule has 1 amide bonds. The molecule has 0 aromatic heterocycles. The van der Waals surface area contributed by atoms with Gasteiger partial charge in [0.25, 0.3) is 5.91 Å². The average molecular weight is 364 g/mol. The van der Waals surface area contributed by atoms with Gasteiger partial charge in [0, 0.05) is 12.1 Å². The number of hydrogen-bond donors (Lipinski definition) is 2. The largest absolute Gasteiger partial charge is 0.346 e. The SMILES string of the molecule is CCNS(=O)(=O)c1ccc(C)c(C(=O)NC(C)c2ccc(F)cc2)c1. The zero-order valence-corrected chi connectivity index (χ0v) is 15.2. The molecule has 0 fully saturated rings. The first-order chi connectivity index (χ1) is 11.7. The molecule has 2 rings (SSSR count). The van der Waals surface area contributed by atoms with Crippen molar-refractivity contribution < 1.29 is 17.6 Å². The summed E-state index contributed by atoms with van der Waals surface area (Å²) in [5.41, 5.74) is 1.70. The molecule has 0 aliphatic rings. The highest BCUT2D eigenvalue weighted by molar-refractivity contribution is 7.89. The monoisotopic (exact) mass is 364 g/mol. The minimum Gasteiger partial charge on any atom is -0.346 e. The van der Waals surface area contributed by atoms with Crippen molar-refractivity contribution in [2.75, 3.05) is 6.54 Å². The summed E-state index contributed by atoms with van der Waals surface area (Å²) in [7, 11) is -3.64. The normalized spacial score (nSPS) is 12.6. The molecule has 25 heavy (non-hydrogen) atoms. The summed E-state index contributed by atoms with van der Waals surface area (Å²) >= 11 is 0. The van der Waals surface area contributed by atoms with Gasteiger partial charge in [-0.3, -0.25) is 4.79 Å². The summed E-state index contributed by atoms with van der Waals surface area (Å²) in [5.74, 6) is -0.734. The van der Waals surface area contributed by atoms with E-state index in [-0.39, 0.29) is 34.8 Å². The van der Waals surface area contributed by atoms with E-state index in [0.29, 0.717) is 5.56 Å². The predicted octanol–water partition coefficient (Wildman–Crippen LogP) is 2.92. The number of halogens is 1. The molecule has 7 heteroatoms. The van der Waals surface area contributed by atoms with Gasteiger partial charge in [-0.2, -0.15) is 0 Å². The van der Waals surface area contributed by atoms with Gasteiger partial charge in [-0.25, -0.2) is 17.5 Å². The van der Waals surface area contributed by atoms with Crippen LogP contribution in [0.1, 0.15) is 41.4 Å². The average Bonchev–Trinajstić information content (AvgIpc) is 2.55. The molecule has 5 nitrogen and oxygen atoms in total. The van der Waals surface area contributed by atoms with Crippen molar-refractivity contribution in [1.82, 2.24) is 10.0 Å². The summed E-state index contributed by atoms with van der Waals surface area (Å²) < 4.78 is 39.6. The Kier molecular flexibility index (Phi) is 5.92. The number of aryl methyl sites for hydroxylation is 1. The standard InChI is InChI=1S/C18H21FN2O3S/c1-4-20-25(23,24)16-10-5-12(2)17(11-16)18(22)21-13(3)14-6-8-15(19)9-7-14/h5-11,13,20H,4H2,1-3H3,(H,21,22). The molecular formula is C18H21FN2O3S. The molecule has 0 radical (unpaired) electrons. The molecule has 0 heterocycles. The van der Waals surface area contributed by atoms with Crippen molar-refractivity contribution in [3.05, 3.63) is 65.0 Å². The first-order valence-electron chi connectivity index (χ1n) is 7.91. The highest BCUT2D eigenvalue weighted by Gasteiger charge is 2.18. The molecule has 0 bridgehead atoms. The number of hydrogen-bond acceptors (Lipinski definition) is 3. The van der Waals surface area contributed by atoms with E-state index in [2.05, 4.69) is 10.0 Å². The summed E-state index contributed by atoms with van der Waals surface area (Å²) in [6, 6.07) is 9.93. The fraction of sp³-hybridized carbons (Fsp3) is 0.278. The molecular weight excluding hydrogens is 343 g/mol. The summed E-state index contributed by atoms with van der Waals surface area (Å²) in [6.07, 6.45) is 0. The lowest BCUT2D eigenvalue weighted by Crippen LogP contribution is -2.28. The van der Waals surface area contributed by atoms with Crippen LogP contribution < -0.4 is 10.0 Å². The molecule has 1 unspecified atom stereocenters. The Hall–Kier alpha value is -2.25. The van der Waals surface area contributed by atoms with Crippen LogP contribution in [-0.4, -0.2) is 20.9 Å². The Morgan fingerprint density at radius 3 is 2.40 bits per heavy atom. The van der Waals surface area contributed by atoms with Gasteiger partial charge in [-0.05, 0) is 49.2 Å². The molecule has 2 aromatic rings. The highest BCUT2D eigenvalue weighted by Crippen LogP contribution is 2.18. The number of carbonyl (C=O) groups excluding carboxylic acids is 1. The second-order valence-corrected chi connectivity index (χ2v) is 7.49. The van der Waals surface area contributed by atoms with Crippen molar-refractivity contribution in [3.63, 3.8) is 0 Å². The number of benzene rings is 2. The first kappa shape index (κ1) is 19.1. The Morgan fingerprint density at radius 1 is 1.16 bits per heavy atom. The maximum atomic E-state index is 13.0. The lowest BCUT2D eigenvalue weighted by Gasteiger charge is -2.16. The van der Waals surface area contributed by atoms with Gasteiger partial charge in [0.15, 0.2) is 0 Å². The molecule has 2 aromatic carbocycles. The van der Waals surface area contributed by atoms with Gasteiger partial charge < -0.3 is 5.32 Å². The summed E-state index contributed by atoms with van der Waals surface area (Å²) in [6.45, 7) is 5.46. The number of amides is 1. The van der Waals surface area contributed by atoms with E-state index in [9.17, 15) is 17.6 Å². The quantitative estimate of drug-likeness (QED) is 0.828. The molecule has 0 saturated heterocycles. The minimum atomic E-state index is -3.64. The van der Waals surface area contributed by atoms with E-state index in [4.69, 9.17) is 0 Å². The van der Waals surface area contributed by atoms with Crippen LogP contribution in [0.5, 0.6) is 0 Å². The van der Waals surface area contributed by atoms with Gasteiger partial charge in [-0.15, -0.1) is 0 Å². The molecule has 0 saturated carbocycles. The van der Waals surface area contributed by atoms with Crippen LogP contribution in [0.15, 0.2) is 47.4 Å². The number of carbonyl (C=O) groups is 1. The lowest BCUT2D eigenvalue weighted by molar-refractivity contribution is 0.0939. The number of sulfonamides is 1. The zero-order valence-electron chi connectivity index (χ0n) is 14.3. The van der Waals surface area contributed by atoms with Gasteiger partial charge in [0.2, 0.25) is 10.0 Å². The third-order valence-electron chi connectivity index (χ3n) is 3.82. The number of rotatable bonds is 6.